The lowest BCUT2D eigenvalue weighted by Crippen LogP contribution is -2.42. The van der Waals surface area contributed by atoms with Crippen LogP contribution in [0.5, 0.6) is 5.75 Å². The summed E-state index contributed by atoms with van der Waals surface area (Å²) in [5.41, 5.74) is 3.44. The third kappa shape index (κ3) is 5.07. The number of benzene rings is 2. The van der Waals surface area contributed by atoms with Crippen molar-refractivity contribution in [3.8, 4) is 5.75 Å². The highest BCUT2D eigenvalue weighted by atomic mass is 35.5. The smallest absolute Gasteiger partial charge is 0.327 e. The summed E-state index contributed by atoms with van der Waals surface area (Å²) in [4.78, 5) is 15.2. The number of carbonyl (C=O) groups is 1. The van der Waals surface area contributed by atoms with E-state index in [-0.39, 0.29) is 5.41 Å². The highest BCUT2D eigenvalue weighted by Crippen LogP contribution is 2.45. The minimum Gasteiger partial charge on any atom is -0.490 e. The Morgan fingerprint density at radius 3 is 2.97 bits per heavy atom. The molecule has 0 radical (unpaired) electrons. The number of ether oxygens (including phenoxy) is 1. The second-order valence-corrected chi connectivity index (χ2v) is 11.4. The number of anilines is 1. The van der Waals surface area contributed by atoms with Gasteiger partial charge in [0.2, 0.25) is 0 Å². The average molecular weight is 514 g/mol. The van der Waals surface area contributed by atoms with Crippen molar-refractivity contribution in [3.05, 3.63) is 64.7 Å². The number of hydrogen-bond acceptors (Lipinski definition) is 4. The summed E-state index contributed by atoms with van der Waals surface area (Å²) in [6.07, 6.45) is 9.20. The number of halogens is 1. The summed E-state index contributed by atoms with van der Waals surface area (Å²) in [5.74, 6) is 1.34. The summed E-state index contributed by atoms with van der Waals surface area (Å²) in [7, 11) is -1.67. The first-order chi connectivity index (χ1) is 17.0. The molecule has 2 bridgehead atoms. The molecule has 2 heterocycles. The zero-order chi connectivity index (χ0) is 24.4. The van der Waals surface area contributed by atoms with E-state index in [1.54, 1.807) is 6.07 Å². The van der Waals surface area contributed by atoms with Crippen molar-refractivity contribution >= 4 is 34.3 Å². The second-order valence-electron chi connectivity index (χ2n) is 9.77. The quantitative estimate of drug-likeness (QED) is 0.519. The normalized spacial score (nSPS) is 27.5. The summed E-state index contributed by atoms with van der Waals surface area (Å²) >= 11 is 6.30. The largest absolute Gasteiger partial charge is 0.490 e. The Morgan fingerprint density at radius 2 is 2.11 bits per heavy atom. The summed E-state index contributed by atoms with van der Waals surface area (Å²) in [6, 6.07) is 11.4. The molecule has 0 aromatic heterocycles. The van der Waals surface area contributed by atoms with E-state index < -0.39 is 17.0 Å². The Balaban J connectivity index is 1.53. The molecule has 0 saturated carbocycles. The van der Waals surface area contributed by atoms with Crippen LogP contribution < -0.4 is 19.7 Å². The minimum absolute atomic E-state index is 0.124. The predicted molar refractivity (Wildman–Crippen MR) is 141 cm³/mol. The van der Waals surface area contributed by atoms with Crippen LogP contribution in [0.3, 0.4) is 0 Å². The molecule has 2 aromatic carbocycles. The van der Waals surface area contributed by atoms with Gasteiger partial charge in [0, 0.05) is 30.1 Å². The van der Waals surface area contributed by atoms with Crippen molar-refractivity contribution in [2.75, 3.05) is 31.1 Å². The average Bonchev–Trinajstić information content (AvgIpc) is 3.11. The fourth-order valence-corrected chi connectivity index (χ4v) is 6.50. The first-order valence-electron chi connectivity index (χ1n) is 12.4. The Labute approximate surface area is 214 Å². The van der Waals surface area contributed by atoms with E-state index in [9.17, 15) is 9.00 Å². The molecule has 3 unspecified atom stereocenters. The molecule has 1 aliphatic carbocycles. The van der Waals surface area contributed by atoms with Crippen LogP contribution in [0.15, 0.2) is 53.4 Å². The van der Waals surface area contributed by atoms with E-state index in [4.69, 9.17) is 16.3 Å². The van der Waals surface area contributed by atoms with Gasteiger partial charge in [-0.15, -0.1) is 0 Å². The summed E-state index contributed by atoms with van der Waals surface area (Å²) in [5, 5.41) is 3.52. The zero-order valence-corrected chi connectivity index (χ0v) is 21.6. The first kappa shape index (κ1) is 24.2. The van der Waals surface area contributed by atoms with Gasteiger partial charge in [0.05, 0.1) is 17.2 Å². The Kier molecular flexibility index (Phi) is 7.07. The van der Waals surface area contributed by atoms with E-state index >= 15 is 0 Å². The lowest BCUT2D eigenvalue weighted by Gasteiger charge is -2.34. The maximum atomic E-state index is 12.9. The van der Waals surface area contributed by atoms with Crippen LogP contribution in [0.1, 0.15) is 43.7 Å². The van der Waals surface area contributed by atoms with Gasteiger partial charge in [0.1, 0.15) is 5.75 Å². The Morgan fingerprint density at radius 1 is 1.23 bits per heavy atom. The fraction of sp³-hybridized carbons (Fsp3) is 0.444. The topological polar surface area (TPSA) is 70.7 Å². The monoisotopic (exact) mass is 513 g/mol. The molecule has 5 rings (SSSR count). The molecular weight excluding hydrogens is 482 g/mol. The van der Waals surface area contributed by atoms with Gasteiger partial charge in [0.25, 0.3) is 0 Å². The van der Waals surface area contributed by atoms with Crippen molar-refractivity contribution in [1.29, 1.82) is 0 Å². The third-order valence-electron chi connectivity index (χ3n) is 7.58. The maximum absolute atomic E-state index is 12.9. The summed E-state index contributed by atoms with van der Waals surface area (Å²) in [6.45, 7) is 4.94. The molecule has 2 amide bonds. The molecule has 8 heteroatoms. The molecule has 6 nitrogen and oxygen atoms in total. The number of allylic oxidation sites excluding steroid dienone is 1. The van der Waals surface area contributed by atoms with Gasteiger partial charge >= 0.3 is 6.03 Å². The molecule has 0 saturated heterocycles. The molecule has 3 aliphatic rings. The standard InChI is InChI=1S/C27H32ClN3O3S/c1-2-19-5-3-4-13-29-26(32)30-35(33)22-7-9-25-24(16-22)31(14-11-19)17-27(18-34-25)12-10-20-15-21(28)6-8-23(20)27/h3-4,6-9,15-16,19H,2,5,10-14,17-18H2,1H3,(H2,29,30,32)/b4-3+. The van der Waals surface area contributed by atoms with Crippen LogP contribution in [-0.2, 0) is 22.8 Å². The van der Waals surface area contributed by atoms with Gasteiger partial charge in [-0.2, -0.15) is 0 Å². The van der Waals surface area contributed by atoms with Crippen LogP contribution in [0, 0.1) is 5.92 Å². The van der Waals surface area contributed by atoms with E-state index in [1.165, 1.54) is 11.1 Å². The Bertz CT molecular complexity index is 1170. The number of urea groups is 1. The van der Waals surface area contributed by atoms with E-state index in [0.717, 1.165) is 61.7 Å². The van der Waals surface area contributed by atoms with Gasteiger partial charge in [0.15, 0.2) is 11.0 Å². The minimum atomic E-state index is -1.67. The number of hydrogen-bond donors (Lipinski definition) is 2. The molecule has 2 aliphatic heterocycles. The molecular formula is C27H32ClN3O3S. The molecule has 35 heavy (non-hydrogen) atoms. The van der Waals surface area contributed by atoms with E-state index in [2.05, 4.69) is 40.1 Å². The van der Waals surface area contributed by atoms with Crippen LogP contribution in [-0.4, -0.2) is 36.5 Å². The van der Waals surface area contributed by atoms with Gasteiger partial charge in [-0.1, -0.05) is 43.2 Å². The number of amides is 2. The molecule has 2 N–H and O–H groups in total. The Hall–Kier alpha value is -2.51. The van der Waals surface area contributed by atoms with Crippen molar-refractivity contribution < 1.29 is 13.7 Å². The number of carbonyl (C=O) groups excluding carboxylic acids is 1. The highest BCUT2D eigenvalue weighted by Gasteiger charge is 2.43. The lowest BCUT2D eigenvalue weighted by molar-refractivity contribution is 0.226. The van der Waals surface area contributed by atoms with Crippen LogP contribution in [0.4, 0.5) is 10.5 Å². The van der Waals surface area contributed by atoms with Gasteiger partial charge in [-0.25, -0.2) is 9.00 Å². The summed E-state index contributed by atoms with van der Waals surface area (Å²) < 4.78 is 21.9. The number of nitrogens with one attached hydrogen (secondary N) is 2. The fourth-order valence-electron chi connectivity index (χ4n) is 5.53. The van der Waals surface area contributed by atoms with Crippen LogP contribution in [0.25, 0.3) is 0 Å². The molecule has 186 valence electrons. The molecule has 3 atom stereocenters. The maximum Gasteiger partial charge on any atom is 0.327 e. The van der Waals surface area contributed by atoms with Crippen LogP contribution >= 0.6 is 11.6 Å². The van der Waals surface area contributed by atoms with E-state index in [0.29, 0.717) is 24.0 Å². The highest BCUT2D eigenvalue weighted by molar-refractivity contribution is 7.83. The van der Waals surface area contributed by atoms with Crippen molar-refractivity contribution in [3.63, 3.8) is 0 Å². The number of rotatable bonds is 1. The number of aryl methyl sites for hydroxylation is 1. The van der Waals surface area contributed by atoms with Gasteiger partial charge < -0.3 is 15.0 Å². The first-order valence-corrected chi connectivity index (χ1v) is 13.9. The van der Waals surface area contributed by atoms with Crippen LogP contribution in [0.2, 0.25) is 5.02 Å². The van der Waals surface area contributed by atoms with Crippen molar-refractivity contribution in [2.45, 2.75) is 49.3 Å². The molecule has 1 spiro atoms. The third-order valence-corrected chi connectivity index (χ3v) is 8.87. The van der Waals surface area contributed by atoms with E-state index in [1.807, 2.05) is 24.3 Å². The van der Waals surface area contributed by atoms with Gasteiger partial charge in [-0.3, -0.25) is 4.72 Å². The lowest BCUT2D eigenvalue weighted by atomic mass is 9.82. The SMILES string of the molecule is CCC1C/C=C/CNC(=O)NS(=O)c2ccc3c(c2)N(CC1)CC1(CCc2cc(Cl)ccc21)CO3. The molecule has 2 aromatic rings. The van der Waals surface area contributed by atoms with Crippen molar-refractivity contribution in [2.24, 2.45) is 5.92 Å². The second kappa shape index (κ2) is 10.2. The number of nitrogens with zero attached hydrogens (tertiary/aromatic N) is 1. The predicted octanol–water partition coefficient (Wildman–Crippen LogP) is 5.12. The molecule has 0 fully saturated rings. The zero-order valence-electron chi connectivity index (χ0n) is 20.0. The number of fused-ring (bicyclic) bond motifs is 3. The van der Waals surface area contributed by atoms with Crippen molar-refractivity contribution in [1.82, 2.24) is 10.0 Å². The van der Waals surface area contributed by atoms with Gasteiger partial charge in [-0.05, 0) is 73.1 Å².